The molecule has 0 heterocycles. The molecule has 2 aromatic rings. The van der Waals surface area contributed by atoms with Crippen LogP contribution in [0.1, 0.15) is 15.9 Å². The van der Waals surface area contributed by atoms with Crippen molar-refractivity contribution in [3.63, 3.8) is 0 Å². The van der Waals surface area contributed by atoms with Crippen molar-refractivity contribution in [1.29, 1.82) is 0 Å². The van der Waals surface area contributed by atoms with Gasteiger partial charge >= 0.3 is 0 Å². The second kappa shape index (κ2) is 4.92. The number of nitrogens with zero attached hydrogens (tertiary/aromatic N) is 1. The number of benzene rings is 2. The lowest BCUT2D eigenvalue weighted by Gasteiger charge is -2.17. The van der Waals surface area contributed by atoms with Crippen molar-refractivity contribution in [3.05, 3.63) is 59.7 Å². The van der Waals surface area contributed by atoms with Gasteiger partial charge in [0.2, 0.25) is 0 Å². The Morgan fingerprint density at radius 3 is 2.39 bits per heavy atom. The molecule has 92 valence electrons. The van der Waals surface area contributed by atoms with Crippen molar-refractivity contribution in [2.75, 3.05) is 17.7 Å². The Labute approximate surface area is 107 Å². The zero-order chi connectivity index (χ0) is 13.1. The van der Waals surface area contributed by atoms with Gasteiger partial charge in [-0.3, -0.25) is 4.79 Å². The fraction of sp³-hybridized carbons (Fsp3) is 0.133. The van der Waals surface area contributed by atoms with Gasteiger partial charge in [-0.05, 0) is 37.3 Å². The first-order valence-electron chi connectivity index (χ1n) is 5.78. The number of rotatable bonds is 2. The molecule has 1 amide bonds. The molecule has 0 radical (unpaired) electrons. The Morgan fingerprint density at radius 2 is 1.78 bits per heavy atom. The van der Waals surface area contributed by atoms with Crippen LogP contribution in [0.2, 0.25) is 0 Å². The van der Waals surface area contributed by atoms with Crippen LogP contribution in [0.25, 0.3) is 0 Å². The number of carbonyl (C=O) groups excluding carboxylic acids is 1. The van der Waals surface area contributed by atoms with E-state index in [1.807, 2.05) is 31.2 Å². The molecule has 3 heteroatoms. The number of carbonyl (C=O) groups is 1. The van der Waals surface area contributed by atoms with E-state index in [0.29, 0.717) is 11.3 Å². The van der Waals surface area contributed by atoms with E-state index in [4.69, 9.17) is 5.73 Å². The normalized spacial score (nSPS) is 10.1. The van der Waals surface area contributed by atoms with E-state index >= 15 is 0 Å². The minimum atomic E-state index is -0.0637. The summed E-state index contributed by atoms with van der Waals surface area (Å²) in [4.78, 5) is 13.9. The van der Waals surface area contributed by atoms with Gasteiger partial charge in [0.25, 0.3) is 5.91 Å². The summed E-state index contributed by atoms with van der Waals surface area (Å²) in [5, 5.41) is 0. The van der Waals surface area contributed by atoms with Crippen LogP contribution in [0.5, 0.6) is 0 Å². The molecule has 0 spiro atoms. The van der Waals surface area contributed by atoms with Crippen molar-refractivity contribution >= 4 is 17.3 Å². The average molecular weight is 240 g/mol. The number of nitrogens with two attached hydrogens (primary N) is 1. The smallest absolute Gasteiger partial charge is 0.258 e. The predicted octanol–water partition coefficient (Wildman–Crippen LogP) is 2.85. The summed E-state index contributed by atoms with van der Waals surface area (Å²) in [5.41, 5.74) is 8.91. The third-order valence-electron chi connectivity index (χ3n) is 2.86. The van der Waals surface area contributed by atoms with Crippen molar-refractivity contribution in [2.24, 2.45) is 0 Å². The lowest BCUT2D eigenvalue weighted by atomic mass is 10.1. The summed E-state index contributed by atoms with van der Waals surface area (Å²) < 4.78 is 0. The summed E-state index contributed by atoms with van der Waals surface area (Å²) in [6, 6.07) is 14.8. The van der Waals surface area contributed by atoms with Gasteiger partial charge < -0.3 is 10.6 Å². The van der Waals surface area contributed by atoms with E-state index in [0.717, 1.165) is 5.69 Å². The second-order valence-electron chi connectivity index (χ2n) is 4.33. The molecule has 2 aromatic carbocycles. The number of nitrogen functional groups attached to an aromatic ring is 1. The molecule has 0 unspecified atom stereocenters. The maximum Gasteiger partial charge on any atom is 0.258 e. The topological polar surface area (TPSA) is 46.3 Å². The van der Waals surface area contributed by atoms with Crippen LogP contribution in [0, 0.1) is 6.92 Å². The second-order valence-corrected chi connectivity index (χ2v) is 4.33. The highest BCUT2D eigenvalue weighted by molar-refractivity contribution is 6.06. The van der Waals surface area contributed by atoms with Gasteiger partial charge in [0.05, 0.1) is 0 Å². The standard InChI is InChI=1S/C15H16N2O/c1-11-6-8-14(9-7-11)17(2)15(18)12-4-3-5-13(16)10-12/h3-10H,16H2,1-2H3. The highest BCUT2D eigenvalue weighted by Crippen LogP contribution is 2.17. The average Bonchev–Trinajstić information content (AvgIpc) is 2.38. The van der Waals surface area contributed by atoms with Crippen LogP contribution in [0.4, 0.5) is 11.4 Å². The van der Waals surface area contributed by atoms with Gasteiger partial charge in [0.15, 0.2) is 0 Å². The minimum absolute atomic E-state index is 0.0637. The van der Waals surface area contributed by atoms with Gasteiger partial charge in [0, 0.05) is 24.0 Å². The zero-order valence-corrected chi connectivity index (χ0v) is 10.6. The van der Waals surface area contributed by atoms with E-state index < -0.39 is 0 Å². The Kier molecular flexibility index (Phi) is 3.33. The van der Waals surface area contributed by atoms with Crippen LogP contribution >= 0.6 is 0 Å². The van der Waals surface area contributed by atoms with Crippen molar-refractivity contribution in [3.8, 4) is 0 Å². The first-order chi connectivity index (χ1) is 8.58. The number of hydrogen-bond donors (Lipinski definition) is 1. The van der Waals surface area contributed by atoms with E-state index in [1.165, 1.54) is 5.56 Å². The molecule has 3 nitrogen and oxygen atoms in total. The zero-order valence-electron chi connectivity index (χ0n) is 10.6. The van der Waals surface area contributed by atoms with Crippen LogP contribution in [-0.2, 0) is 0 Å². The lowest BCUT2D eigenvalue weighted by Crippen LogP contribution is -2.26. The van der Waals surface area contributed by atoms with Gasteiger partial charge in [-0.25, -0.2) is 0 Å². The first-order valence-corrected chi connectivity index (χ1v) is 5.78. The van der Waals surface area contributed by atoms with E-state index in [1.54, 1.807) is 36.2 Å². The molecule has 0 bridgehead atoms. The first kappa shape index (κ1) is 12.2. The predicted molar refractivity (Wildman–Crippen MR) is 74.8 cm³/mol. The molecule has 0 atom stereocenters. The Hall–Kier alpha value is -2.29. The Morgan fingerprint density at radius 1 is 1.11 bits per heavy atom. The largest absolute Gasteiger partial charge is 0.399 e. The van der Waals surface area contributed by atoms with Crippen LogP contribution < -0.4 is 10.6 Å². The van der Waals surface area contributed by atoms with Crippen molar-refractivity contribution < 1.29 is 4.79 Å². The van der Waals surface area contributed by atoms with Crippen LogP contribution in [-0.4, -0.2) is 13.0 Å². The Balaban J connectivity index is 2.26. The molecule has 0 aliphatic rings. The summed E-state index contributed by atoms with van der Waals surface area (Å²) in [6.07, 6.45) is 0. The molecule has 2 N–H and O–H groups in total. The van der Waals surface area contributed by atoms with Gasteiger partial charge in [-0.2, -0.15) is 0 Å². The Bertz CT molecular complexity index is 561. The number of anilines is 2. The number of aryl methyl sites for hydroxylation is 1. The van der Waals surface area contributed by atoms with Crippen LogP contribution in [0.15, 0.2) is 48.5 Å². The summed E-state index contributed by atoms with van der Waals surface area (Å²) in [7, 11) is 1.76. The van der Waals surface area contributed by atoms with E-state index in [-0.39, 0.29) is 5.91 Å². The molecule has 2 rings (SSSR count). The summed E-state index contributed by atoms with van der Waals surface area (Å²) in [5.74, 6) is -0.0637. The molecule has 0 saturated carbocycles. The summed E-state index contributed by atoms with van der Waals surface area (Å²) >= 11 is 0. The fourth-order valence-electron chi connectivity index (χ4n) is 1.75. The highest BCUT2D eigenvalue weighted by Gasteiger charge is 2.13. The van der Waals surface area contributed by atoms with Crippen molar-refractivity contribution in [1.82, 2.24) is 0 Å². The number of amides is 1. The van der Waals surface area contributed by atoms with Gasteiger partial charge in [-0.1, -0.05) is 23.8 Å². The molecular weight excluding hydrogens is 224 g/mol. The lowest BCUT2D eigenvalue weighted by molar-refractivity contribution is 0.0993. The third kappa shape index (κ3) is 2.51. The third-order valence-corrected chi connectivity index (χ3v) is 2.86. The maximum atomic E-state index is 12.3. The van der Waals surface area contributed by atoms with Gasteiger partial charge in [0.1, 0.15) is 0 Å². The van der Waals surface area contributed by atoms with Gasteiger partial charge in [-0.15, -0.1) is 0 Å². The molecule has 0 fully saturated rings. The molecule has 0 aliphatic carbocycles. The highest BCUT2D eigenvalue weighted by atomic mass is 16.2. The minimum Gasteiger partial charge on any atom is -0.399 e. The molecule has 0 aliphatic heterocycles. The monoisotopic (exact) mass is 240 g/mol. The molecular formula is C15H16N2O. The number of hydrogen-bond acceptors (Lipinski definition) is 2. The molecule has 0 aromatic heterocycles. The van der Waals surface area contributed by atoms with Crippen LogP contribution in [0.3, 0.4) is 0 Å². The fourth-order valence-corrected chi connectivity index (χ4v) is 1.75. The van der Waals surface area contributed by atoms with E-state index in [9.17, 15) is 4.79 Å². The SMILES string of the molecule is Cc1ccc(N(C)C(=O)c2cccc(N)c2)cc1. The molecule has 18 heavy (non-hydrogen) atoms. The van der Waals surface area contributed by atoms with E-state index in [2.05, 4.69) is 0 Å². The quantitative estimate of drug-likeness (QED) is 0.820. The summed E-state index contributed by atoms with van der Waals surface area (Å²) in [6.45, 7) is 2.02. The molecule has 0 saturated heterocycles. The maximum absolute atomic E-state index is 12.3. The van der Waals surface area contributed by atoms with Crippen molar-refractivity contribution in [2.45, 2.75) is 6.92 Å².